The lowest BCUT2D eigenvalue weighted by molar-refractivity contribution is -0.116. The molecule has 10 nitrogen and oxygen atoms in total. The van der Waals surface area contributed by atoms with Crippen molar-refractivity contribution in [3.8, 4) is 0 Å². The van der Waals surface area contributed by atoms with Crippen LogP contribution in [0.5, 0.6) is 0 Å². The van der Waals surface area contributed by atoms with Crippen molar-refractivity contribution in [1.29, 1.82) is 0 Å². The van der Waals surface area contributed by atoms with E-state index in [4.69, 9.17) is 4.74 Å². The Morgan fingerprint density at radius 2 is 1.93 bits per heavy atom. The van der Waals surface area contributed by atoms with E-state index in [1.165, 1.54) is 22.5 Å². The van der Waals surface area contributed by atoms with E-state index in [0.717, 1.165) is 0 Å². The third-order valence-corrected chi connectivity index (χ3v) is 3.87. The molecule has 3 rings (SSSR count). The fourth-order valence-electron chi connectivity index (χ4n) is 2.56. The highest BCUT2D eigenvalue weighted by molar-refractivity contribution is 5.93. The van der Waals surface area contributed by atoms with E-state index >= 15 is 0 Å². The number of hydrogen-bond donors (Lipinski definition) is 2. The van der Waals surface area contributed by atoms with E-state index in [9.17, 15) is 19.2 Å². The number of nitrogens with one attached hydrogen (secondary N) is 2. The molecule has 0 aliphatic carbocycles. The number of anilines is 1. The molecule has 0 spiro atoms. The SMILES string of the molecule is CCOC(=O)c1ccc(NC(=O)Cn2cnc3c2c(=O)[nH]c(=O)n3C)cc1. The maximum atomic E-state index is 12.3. The van der Waals surface area contributed by atoms with Gasteiger partial charge in [-0.05, 0) is 31.2 Å². The molecule has 140 valence electrons. The molecule has 3 aromatic rings. The van der Waals surface area contributed by atoms with Crippen LogP contribution in [0.2, 0.25) is 0 Å². The molecular formula is C17H17N5O5. The number of imidazole rings is 1. The Balaban J connectivity index is 1.76. The summed E-state index contributed by atoms with van der Waals surface area (Å²) in [4.78, 5) is 53.7. The number of H-pyrrole nitrogens is 1. The Kier molecular flexibility index (Phi) is 4.88. The van der Waals surface area contributed by atoms with Crippen LogP contribution in [-0.2, 0) is 23.1 Å². The van der Waals surface area contributed by atoms with Gasteiger partial charge < -0.3 is 14.6 Å². The molecule has 0 saturated heterocycles. The van der Waals surface area contributed by atoms with Gasteiger partial charge in [0.15, 0.2) is 11.2 Å². The van der Waals surface area contributed by atoms with E-state index < -0.39 is 23.1 Å². The van der Waals surface area contributed by atoms with Crippen molar-refractivity contribution >= 4 is 28.7 Å². The van der Waals surface area contributed by atoms with Crippen molar-refractivity contribution in [2.24, 2.45) is 7.05 Å². The van der Waals surface area contributed by atoms with Crippen LogP contribution in [0.3, 0.4) is 0 Å². The minimum absolute atomic E-state index is 0.130. The molecule has 2 heterocycles. The van der Waals surface area contributed by atoms with Crippen molar-refractivity contribution in [3.63, 3.8) is 0 Å². The molecule has 0 aliphatic heterocycles. The first-order valence-electron chi connectivity index (χ1n) is 8.12. The standard InChI is InChI=1S/C17H17N5O5/c1-3-27-16(25)10-4-6-11(7-5-10)19-12(23)8-22-9-18-14-13(22)15(24)20-17(26)21(14)2/h4-7,9H,3,8H2,1-2H3,(H,19,23)(H,20,24,26). The summed E-state index contributed by atoms with van der Waals surface area (Å²) in [6.45, 7) is 1.83. The normalized spacial score (nSPS) is 10.7. The molecule has 2 aromatic heterocycles. The van der Waals surface area contributed by atoms with E-state index in [1.54, 1.807) is 31.2 Å². The summed E-state index contributed by atoms with van der Waals surface area (Å²) < 4.78 is 7.45. The van der Waals surface area contributed by atoms with Crippen molar-refractivity contribution in [3.05, 3.63) is 57.0 Å². The fraction of sp³-hybridized carbons (Fsp3) is 0.235. The molecule has 0 unspecified atom stereocenters. The van der Waals surface area contributed by atoms with Gasteiger partial charge in [0.25, 0.3) is 5.56 Å². The number of rotatable bonds is 5. The lowest BCUT2D eigenvalue weighted by atomic mass is 10.2. The molecule has 1 aromatic carbocycles. The summed E-state index contributed by atoms with van der Waals surface area (Å²) in [5.74, 6) is -0.837. The second-order valence-corrected chi connectivity index (χ2v) is 5.71. The number of aromatic amines is 1. The van der Waals surface area contributed by atoms with E-state index in [0.29, 0.717) is 11.3 Å². The summed E-state index contributed by atoms with van der Waals surface area (Å²) in [6, 6.07) is 6.24. The molecule has 0 bridgehead atoms. The van der Waals surface area contributed by atoms with Crippen molar-refractivity contribution < 1.29 is 14.3 Å². The summed E-state index contributed by atoms with van der Waals surface area (Å²) in [5.41, 5.74) is -0.0111. The van der Waals surface area contributed by atoms with E-state index in [2.05, 4.69) is 15.3 Å². The van der Waals surface area contributed by atoms with E-state index in [-0.39, 0.29) is 24.3 Å². The summed E-state index contributed by atoms with van der Waals surface area (Å²) in [5, 5.41) is 2.67. The van der Waals surface area contributed by atoms with Crippen LogP contribution in [0.15, 0.2) is 40.2 Å². The molecule has 0 radical (unpaired) electrons. The Morgan fingerprint density at radius 1 is 1.22 bits per heavy atom. The maximum Gasteiger partial charge on any atom is 0.338 e. The molecule has 0 aliphatic rings. The first-order valence-corrected chi connectivity index (χ1v) is 8.12. The van der Waals surface area contributed by atoms with Gasteiger partial charge in [-0.1, -0.05) is 0 Å². The number of carbonyl (C=O) groups is 2. The first-order chi connectivity index (χ1) is 12.9. The van der Waals surface area contributed by atoms with Crippen LogP contribution in [0.1, 0.15) is 17.3 Å². The Hall–Kier alpha value is -3.69. The lowest BCUT2D eigenvalue weighted by Crippen LogP contribution is -2.30. The molecule has 0 atom stereocenters. The molecule has 10 heteroatoms. The van der Waals surface area contributed by atoms with E-state index in [1.807, 2.05) is 0 Å². The quantitative estimate of drug-likeness (QED) is 0.618. The second-order valence-electron chi connectivity index (χ2n) is 5.71. The summed E-state index contributed by atoms with van der Waals surface area (Å²) in [7, 11) is 1.48. The largest absolute Gasteiger partial charge is 0.462 e. The van der Waals surface area contributed by atoms with Gasteiger partial charge in [-0.3, -0.25) is 19.1 Å². The second kappa shape index (κ2) is 7.28. The van der Waals surface area contributed by atoms with Crippen LogP contribution in [0.25, 0.3) is 11.2 Å². The van der Waals surface area contributed by atoms with Crippen LogP contribution >= 0.6 is 0 Å². The lowest BCUT2D eigenvalue weighted by Gasteiger charge is -2.08. The highest BCUT2D eigenvalue weighted by Crippen LogP contribution is 2.11. The minimum atomic E-state index is -0.614. The van der Waals surface area contributed by atoms with Gasteiger partial charge in [0.05, 0.1) is 18.5 Å². The molecule has 0 saturated carbocycles. The third kappa shape index (κ3) is 3.64. The Bertz CT molecular complexity index is 1120. The zero-order valence-corrected chi connectivity index (χ0v) is 14.7. The Labute approximate surface area is 152 Å². The number of carbonyl (C=O) groups excluding carboxylic acids is 2. The molecule has 1 amide bonds. The monoisotopic (exact) mass is 371 g/mol. The van der Waals surface area contributed by atoms with Crippen molar-refractivity contribution in [2.75, 3.05) is 11.9 Å². The molecule has 27 heavy (non-hydrogen) atoms. The molecule has 0 fully saturated rings. The summed E-state index contributed by atoms with van der Waals surface area (Å²) in [6.07, 6.45) is 1.32. The van der Waals surface area contributed by atoms with Crippen LogP contribution < -0.4 is 16.6 Å². The number of hydrogen-bond acceptors (Lipinski definition) is 6. The number of nitrogens with zero attached hydrogens (tertiary/aromatic N) is 3. The van der Waals surface area contributed by atoms with Gasteiger partial charge in [0.2, 0.25) is 5.91 Å². The smallest absolute Gasteiger partial charge is 0.338 e. The maximum absolute atomic E-state index is 12.3. The molecular weight excluding hydrogens is 354 g/mol. The number of ether oxygens (including phenoxy) is 1. The first kappa shape index (κ1) is 18.1. The highest BCUT2D eigenvalue weighted by atomic mass is 16.5. The topological polar surface area (TPSA) is 128 Å². The number of amides is 1. The number of aromatic nitrogens is 4. The predicted molar refractivity (Wildman–Crippen MR) is 96.6 cm³/mol. The van der Waals surface area contributed by atoms with Gasteiger partial charge in [-0.15, -0.1) is 0 Å². The van der Waals surface area contributed by atoms with Gasteiger partial charge >= 0.3 is 11.7 Å². The van der Waals surface area contributed by atoms with Gasteiger partial charge in [0.1, 0.15) is 6.54 Å². The van der Waals surface area contributed by atoms with Crippen LogP contribution in [0.4, 0.5) is 5.69 Å². The predicted octanol–water partition coefficient (Wildman–Crippen LogP) is 0.239. The Morgan fingerprint density at radius 3 is 2.59 bits per heavy atom. The minimum Gasteiger partial charge on any atom is -0.462 e. The number of esters is 1. The number of fused-ring (bicyclic) bond motifs is 1. The van der Waals surface area contributed by atoms with Crippen molar-refractivity contribution in [2.45, 2.75) is 13.5 Å². The van der Waals surface area contributed by atoms with Crippen LogP contribution in [-0.4, -0.2) is 37.6 Å². The van der Waals surface area contributed by atoms with Gasteiger partial charge in [0, 0.05) is 12.7 Å². The fourth-order valence-corrected chi connectivity index (χ4v) is 2.56. The zero-order valence-electron chi connectivity index (χ0n) is 14.7. The van der Waals surface area contributed by atoms with Gasteiger partial charge in [-0.25, -0.2) is 14.6 Å². The average Bonchev–Trinajstić information content (AvgIpc) is 3.04. The van der Waals surface area contributed by atoms with Gasteiger partial charge in [-0.2, -0.15) is 0 Å². The number of benzene rings is 1. The highest BCUT2D eigenvalue weighted by Gasteiger charge is 2.14. The zero-order chi connectivity index (χ0) is 19.6. The average molecular weight is 371 g/mol. The summed E-state index contributed by atoms with van der Waals surface area (Å²) >= 11 is 0. The number of aryl methyl sites for hydroxylation is 1. The molecule has 2 N–H and O–H groups in total. The van der Waals surface area contributed by atoms with Crippen LogP contribution in [0, 0.1) is 0 Å². The third-order valence-electron chi connectivity index (χ3n) is 3.87. The van der Waals surface area contributed by atoms with Crippen molar-refractivity contribution in [1.82, 2.24) is 19.1 Å².